The van der Waals surface area contributed by atoms with Gasteiger partial charge in [0, 0.05) is 4.47 Å². The van der Waals surface area contributed by atoms with Crippen LogP contribution in [-0.4, -0.2) is 11.9 Å². The molecule has 0 radical (unpaired) electrons. The summed E-state index contributed by atoms with van der Waals surface area (Å²) in [6.07, 6.45) is 1.04. The van der Waals surface area contributed by atoms with E-state index in [-0.39, 0.29) is 11.9 Å². The Kier molecular flexibility index (Phi) is 4.33. The van der Waals surface area contributed by atoms with Crippen LogP contribution in [0.1, 0.15) is 37.6 Å². The monoisotopic (exact) mass is 270 g/mol. The molecule has 82 valence electrons. The van der Waals surface area contributed by atoms with Crippen LogP contribution in [0.4, 0.5) is 0 Å². The molecule has 1 aromatic carbocycles. The fourth-order valence-electron chi connectivity index (χ4n) is 1.18. The zero-order chi connectivity index (χ0) is 11.4. The van der Waals surface area contributed by atoms with E-state index in [1.807, 2.05) is 19.1 Å². The smallest absolute Gasteiger partial charge is 0.163 e. The SMILES string of the molecule is CCC(C)Oc1cc(Br)ccc1C(C)=O. The number of carbonyl (C=O) groups excluding carboxylic acids is 1. The zero-order valence-electron chi connectivity index (χ0n) is 9.21. The summed E-state index contributed by atoms with van der Waals surface area (Å²) >= 11 is 3.37. The van der Waals surface area contributed by atoms with Gasteiger partial charge in [0.1, 0.15) is 5.75 Å². The molecule has 1 unspecified atom stereocenters. The van der Waals surface area contributed by atoms with Crippen molar-refractivity contribution in [2.45, 2.75) is 33.3 Å². The van der Waals surface area contributed by atoms with Crippen LogP contribution in [0.2, 0.25) is 0 Å². The normalized spacial score (nSPS) is 12.3. The number of hydrogen-bond acceptors (Lipinski definition) is 2. The molecule has 1 atom stereocenters. The Morgan fingerprint density at radius 2 is 2.20 bits per heavy atom. The fourth-order valence-corrected chi connectivity index (χ4v) is 1.52. The minimum Gasteiger partial charge on any atom is -0.490 e. The van der Waals surface area contributed by atoms with Gasteiger partial charge in [0.2, 0.25) is 0 Å². The largest absolute Gasteiger partial charge is 0.490 e. The van der Waals surface area contributed by atoms with E-state index in [0.29, 0.717) is 11.3 Å². The molecule has 15 heavy (non-hydrogen) atoms. The van der Waals surface area contributed by atoms with E-state index in [1.54, 1.807) is 13.0 Å². The Morgan fingerprint density at radius 3 is 2.73 bits per heavy atom. The number of halogens is 1. The first kappa shape index (κ1) is 12.2. The molecule has 0 fully saturated rings. The van der Waals surface area contributed by atoms with Crippen LogP contribution >= 0.6 is 15.9 Å². The maximum absolute atomic E-state index is 11.4. The molecule has 2 nitrogen and oxygen atoms in total. The first-order valence-electron chi connectivity index (χ1n) is 5.01. The van der Waals surface area contributed by atoms with E-state index in [4.69, 9.17) is 4.74 Å². The summed E-state index contributed by atoms with van der Waals surface area (Å²) in [5, 5.41) is 0. The Hall–Kier alpha value is -0.830. The molecular formula is C12H15BrO2. The number of ketones is 1. The highest BCUT2D eigenvalue weighted by Crippen LogP contribution is 2.25. The molecule has 0 N–H and O–H groups in total. The second-order valence-corrected chi connectivity index (χ2v) is 4.45. The van der Waals surface area contributed by atoms with Crippen LogP contribution in [0.5, 0.6) is 5.75 Å². The van der Waals surface area contributed by atoms with Crippen molar-refractivity contribution in [1.82, 2.24) is 0 Å². The molecular weight excluding hydrogens is 256 g/mol. The maximum Gasteiger partial charge on any atom is 0.163 e. The molecule has 3 heteroatoms. The van der Waals surface area contributed by atoms with Crippen LogP contribution in [0.15, 0.2) is 22.7 Å². The Bertz CT molecular complexity index is 361. The van der Waals surface area contributed by atoms with Gasteiger partial charge in [-0.2, -0.15) is 0 Å². The lowest BCUT2D eigenvalue weighted by Gasteiger charge is -2.15. The molecule has 0 bridgehead atoms. The van der Waals surface area contributed by atoms with Gasteiger partial charge in [-0.05, 0) is 38.5 Å². The Balaban J connectivity index is 3.02. The predicted molar refractivity (Wildman–Crippen MR) is 64.5 cm³/mol. The predicted octanol–water partition coefficient (Wildman–Crippen LogP) is 3.83. The summed E-state index contributed by atoms with van der Waals surface area (Å²) < 4.78 is 6.61. The summed E-state index contributed by atoms with van der Waals surface area (Å²) in [5.41, 5.74) is 0.638. The van der Waals surface area contributed by atoms with E-state index in [9.17, 15) is 4.79 Å². The van der Waals surface area contributed by atoms with Gasteiger partial charge >= 0.3 is 0 Å². The molecule has 0 aromatic heterocycles. The minimum absolute atomic E-state index is 0.0285. The van der Waals surface area contributed by atoms with E-state index in [2.05, 4.69) is 22.9 Å². The van der Waals surface area contributed by atoms with E-state index in [1.165, 1.54) is 0 Å². The number of Topliss-reactive ketones (excluding diaryl/α,β-unsaturated/α-hetero) is 1. The molecule has 0 saturated heterocycles. The number of benzene rings is 1. The highest BCUT2D eigenvalue weighted by molar-refractivity contribution is 9.10. The summed E-state index contributed by atoms with van der Waals surface area (Å²) in [6.45, 7) is 5.59. The molecule has 0 aliphatic heterocycles. The molecule has 0 heterocycles. The number of carbonyl (C=O) groups is 1. The first-order chi connectivity index (χ1) is 7.04. The molecule has 1 aromatic rings. The third kappa shape index (κ3) is 3.34. The van der Waals surface area contributed by atoms with Crippen molar-refractivity contribution in [1.29, 1.82) is 0 Å². The molecule has 0 amide bonds. The van der Waals surface area contributed by atoms with Gasteiger partial charge in [-0.3, -0.25) is 4.79 Å². The second-order valence-electron chi connectivity index (χ2n) is 3.53. The van der Waals surface area contributed by atoms with Crippen LogP contribution in [0.25, 0.3) is 0 Å². The summed E-state index contributed by atoms with van der Waals surface area (Å²) in [7, 11) is 0. The van der Waals surface area contributed by atoms with Gasteiger partial charge in [0.15, 0.2) is 5.78 Å². The maximum atomic E-state index is 11.4. The summed E-state index contributed by atoms with van der Waals surface area (Å²) in [5.74, 6) is 0.687. The summed E-state index contributed by atoms with van der Waals surface area (Å²) in [6, 6.07) is 5.47. The average molecular weight is 271 g/mol. The van der Waals surface area contributed by atoms with Gasteiger partial charge in [-0.25, -0.2) is 0 Å². The highest BCUT2D eigenvalue weighted by atomic mass is 79.9. The van der Waals surface area contributed by atoms with Crippen LogP contribution < -0.4 is 4.74 Å². The molecule has 0 saturated carbocycles. The molecule has 0 aliphatic carbocycles. The second kappa shape index (κ2) is 5.31. The van der Waals surface area contributed by atoms with Gasteiger partial charge < -0.3 is 4.74 Å². The van der Waals surface area contributed by atoms with Crippen LogP contribution in [-0.2, 0) is 0 Å². The topological polar surface area (TPSA) is 26.3 Å². The van der Waals surface area contributed by atoms with Gasteiger partial charge in [-0.15, -0.1) is 0 Å². The first-order valence-corrected chi connectivity index (χ1v) is 5.81. The van der Waals surface area contributed by atoms with Crippen molar-refractivity contribution in [3.8, 4) is 5.75 Å². The fraction of sp³-hybridized carbons (Fsp3) is 0.417. The summed E-state index contributed by atoms with van der Waals surface area (Å²) in [4.78, 5) is 11.4. The van der Waals surface area contributed by atoms with E-state index < -0.39 is 0 Å². The van der Waals surface area contributed by atoms with Crippen molar-refractivity contribution < 1.29 is 9.53 Å². The molecule has 0 spiro atoms. The van der Waals surface area contributed by atoms with Crippen LogP contribution in [0.3, 0.4) is 0 Å². The lowest BCUT2D eigenvalue weighted by atomic mass is 10.1. The molecule has 1 rings (SSSR count). The average Bonchev–Trinajstić information content (AvgIpc) is 2.17. The minimum atomic E-state index is 0.0285. The number of rotatable bonds is 4. The third-order valence-corrected chi connectivity index (χ3v) is 2.72. The van der Waals surface area contributed by atoms with Crippen molar-refractivity contribution in [2.75, 3.05) is 0 Å². The van der Waals surface area contributed by atoms with E-state index in [0.717, 1.165) is 10.9 Å². The van der Waals surface area contributed by atoms with Crippen molar-refractivity contribution >= 4 is 21.7 Å². The van der Waals surface area contributed by atoms with Crippen molar-refractivity contribution in [3.05, 3.63) is 28.2 Å². The lowest BCUT2D eigenvalue weighted by molar-refractivity contribution is 0.101. The van der Waals surface area contributed by atoms with E-state index >= 15 is 0 Å². The van der Waals surface area contributed by atoms with Gasteiger partial charge in [-0.1, -0.05) is 22.9 Å². The zero-order valence-corrected chi connectivity index (χ0v) is 10.8. The quantitative estimate of drug-likeness (QED) is 0.778. The van der Waals surface area contributed by atoms with Gasteiger partial charge in [0.05, 0.1) is 11.7 Å². The highest BCUT2D eigenvalue weighted by Gasteiger charge is 2.11. The number of ether oxygens (including phenoxy) is 1. The van der Waals surface area contributed by atoms with Crippen molar-refractivity contribution in [3.63, 3.8) is 0 Å². The standard InChI is InChI=1S/C12H15BrO2/c1-4-8(2)15-12-7-10(13)5-6-11(12)9(3)14/h5-8H,4H2,1-3H3. The molecule has 0 aliphatic rings. The lowest BCUT2D eigenvalue weighted by Crippen LogP contribution is -2.12. The van der Waals surface area contributed by atoms with Gasteiger partial charge in [0.25, 0.3) is 0 Å². The Labute approximate surface area is 98.8 Å². The number of hydrogen-bond donors (Lipinski definition) is 0. The van der Waals surface area contributed by atoms with Crippen molar-refractivity contribution in [2.24, 2.45) is 0 Å². The van der Waals surface area contributed by atoms with Crippen LogP contribution in [0, 0.1) is 0 Å². The Morgan fingerprint density at radius 1 is 1.53 bits per heavy atom. The third-order valence-electron chi connectivity index (χ3n) is 2.23.